The van der Waals surface area contributed by atoms with E-state index in [1.165, 1.54) is 0 Å². The van der Waals surface area contributed by atoms with Crippen molar-refractivity contribution in [3.63, 3.8) is 0 Å². The summed E-state index contributed by atoms with van der Waals surface area (Å²) in [4.78, 5) is 12.1. The first-order valence-corrected chi connectivity index (χ1v) is 7.76. The van der Waals surface area contributed by atoms with Crippen molar-refractivity contribution in [3.05, 3.63) is 52.5 Å². The number of anilines is 1. The smallest absolute Gasteiger partial charge is 0.416 e. The first kappa shape index (κ1) is 17.4. The van der Waals surface area contributed by atoms with Crippen molar-refractivity contribution in [3.8, 4) is 11.5 Å². The maximum absolute atomic E-state index is 12.8. The minimum atomic E-state index is -4.51. The van der Waals surface area contributed by atoms with Crippen molar-refractivity contribution in [2.75, 3.05) is 18.5 Å². The van der Waals surface area contributed by atoms with Gasteiger partial charge in [-0.2, -0.15) is 13.2 Å². The summed E-state index contributed by atoms with van der Waals surface area (Å²) in [7, 11) is 0. The Kier molecular flexibility index (Phi) is 4.76. The van der Waals surface area contributed by atoms with Gasteiger partial charge in [0, 0.05) is 0 Å². The summed E-state index contributed by atoms with van der Waals surface area (Å²) >= 11 is 5.87. The lowest BCUT2D eigenvalue weighted by Gasteiger charge is -2.18. The average Bonchev–Trinajstić information content (AvgIpc) is 2.55. The number of rotatable bonds is 3. The van der Waals surface area contributed by atoms with E-state index < -0.39 is 17.6 Å². The summed E-state index contributed by atoms with van der Waals surface area (Å²) in [5.74, 6) is 0.642. The maximum Gasteiger partial charge on any atom is 0.416 e. The molecule has 0 fully saturated rings. The minimum absolute atomic E-state index is 0.0310. The summed E-state index contributed by atoms with van der Waals surface area (Å²) in [5.41, 5.74) is -0.324. The van der Waals surface area contributed by atoms with Crippen LogP contribution in [0.3, 0.4) is 0 Å². The number of ether oxygens (including phenoxy) is 2. The molecule has 2 aromatic carbocycles. The molecule has 0 radical (unpaired) electrons. The molecule has 0 unspecified atom stereocenters. The zero-order valence-corrected chi connectivity index (χ0v) is 13.6. The number of hydrogen-bond donors (Lipinski definition) is 1. The number of hydrogen-bond acceptors (Lipinski definition) is 3. The molecule has 1 amide bonds. The number of halogens is 4. The highest BCUT2D eigenvalue weighted by atomic mass is 35.5. The van der Waals surface area contributed by atoms with Gasteiger partial charge in [-0.3, -0.25) is 4.79 Å². The van der Waals surface area contributed by atoms with E-state index in [1.807, 2.05) is 0 Å². The van der Waals surface area contributed by atoms with Crippen LogP contribution in [-0.4, -0.2) is 19.1 Å². The Bertz CT molecular complexity index is 808. The topological polar surface area (TPSA) is 47.6 Å². The van der Waals surface area contributed by atoms with Crippen LogP contribution in [0, 0.1) is 0 Å². The third kappa shape index (κ3) is 4.17. The fraction of sp³-hybridized carbons (Fsp3) is 0.235. The molecule has 1 N–H and O–H groups in total. The average molecular weight is 372 g/mol. The molecule has 0 bridgehead atoms. The van der Waals surface area contributed by atoms with E-state index >= 15 is 0 Å². The number of carbonyl (C=O) groups excluding carboxylic acids is 1. The molecule has 0 saturated heterocycles. The van der Waals surface area contributed by atoms with E-state index in [1.54, 1.807) is 18.2 Å². The van der Waals surface area contributed by atoms with Crippen LogP contribution in [0.4, 0.5) is 18.9 Å². The van der Waals surface area contributed by atoms with Crippen molar-refractivity contribution in [1.29, 1.82) is 0 Å². The van der Waals surface area contributed by atoms with Crippen molar-refractivity contribution in [2.45, 2.75) is 12.6 Å². The Morgan fingerprint density at radius 2 is 1.80 bits per heavy atom. The van der Waals surface area contributed by atoms with E-state index in [4.69, 9.17) is 21.1 Å². The summed E-state index contributed by atoms with van der Waals surface area (Å²) in [6.07, 6.45) is -4.55. The van der Waals surface area contributed by atoms with Gasteiger partial charge in [0.05, 0.1) is 22.7 Å². The van der Waals surface area contributed by atoms with Crippen molar-refractivity contribution >= 4 is 23.2 Å². The Hall–Kier alpha value is -2.41. The van der Waals surface area contributed by atoms with E-state index in [-0.39, 0.29) is 17.1 Å². The molecule has 3 rings (SSSR count). The van der Waals surface area contributed by atoms with Crippen LogP contribution in [0.15, 0.2) is 36.4 Å². The Balaban J connectivity index is 1.73. The molecule has 2 aromatic rings. The lowest BCUT2D eigenvalue weighted by Crippen LogP contribution is -2.17. The van der Waals surface area contributed by atoms with E-state index in [2.05, 4.69) is 5.32 Å². The fourth-order valence-corrected chi connectivity index (χ4v) is 2.54. The highest BCUT2D eigenvalue weighted by Crippen LogP contribution is 2.34. The van der Waals surface area contributed by atoms with Gasteiger partial charge in [-0.1, -0.05) is 17.7 Å². The van der Waals surface area contributed by atoms with Crippen LogP contribution in [-0.2, 0) is 17.4 Å². The molecule has 0 saturated carbocycles. The van der Waals surface area contributed by atoms with Crippen LogP contribution < -0.4 is 14.8 Å². The lowest BCUT2D eigenvalue weighted by molar-refractivity contribution is -0.137. The second-order valence-corrected chi connectivity index (χ2v) is 5.80. The number of benzene rings is 2. The number of fused-ring (bicyclic) bond motifs is 1. The van der Waals surface area contributed by atoms with Crippen molar-refractivity contribution in [2.24, 2.45) is 0 Å². The highest BCUT2D eigenvalue weighted by Gasteiger charge is 2.31. The van der Waals surface area contributed by atoms with Crippen molar-refractivity contribution in [1.82, 2.24) is 0 Å². The number of nitrogens with one attached hydrogen (secondary N) is 1. The van der Waals surface area contributed by atoms with Crippen LogP contribution in [0.25, 0.3) is 0 Å². The molecule has 25 heavy (non-hydrogen) atoms. The van der Waals surface area contributed by atoms with E-state index in [0.29, 0.717) is 30.3 Å². The Morgan fingerprint density at radius 1 is 1.08 bits per heavy atom. The molecular weight excluding hydrogens is 359 g/mol. The number of amides is 1. The molecule has 1 aliphatic rings. The molecule has 0 aromatic heterocycles. The predicted molar refractivity (Wildman–Crippen MR) is 86.2 cm³/mol. The molecule has 1 heterocycles. The van der Waals surface area contributed by atoms with Gasteiger partial charge in [-0.05, 0) is 35.9 Å². The van der Waals surface area contributed by atoms with Gasteiger partial charge in [0.25, 0.3) is 0 Å². The molecule has 8 heteroatoms. The normalized spacial score (nSPS) is 13.4. The monoisotopic (exact) mass is 371 g/mol. The van der Waals surface area contributed by atoms with Gasteiger partial charge >= 0.3 is 6.18 Å². The predicted octanol–water partition coefficient (Wildman–Crippen LogP) is 4.31. The lowest BCUT2D eigenvalue weighted by atomic mass is 10.1. The first-order chi connectivity index (χ1) is 11.8. The molecular formula is C17H13ClF3NO3. The second kappa shape index (κ2) is 6.84. The molecule has 0 atom stereocenters. The van der Waals surface area contributed by atoms with Crippen LogP contribution >= 0.6 is 11.6 Å². The molecule has 0 aliphatic carbocycles. The molecule has 4 nitrogen and oxygen atoms in total. The summed E-state index contributed by atoms with van der Waals surface area (Å²) in [6.45, 7) is 0.878. The molecule has 0 spiro atoms. The zero-order chi connectivity index (χ0) is 18.0. The number of alkyl halides is 3. The van der Waals surface area contributed by atoms with Gasteiger partial charge in [0.1, 0.15) is 13.2 Å². The van der Waals surface area contributed by atoms with Gasteiger partial charge in [0.15, 0.2) is 11.5 Å². The zero-order valence-electron chi connectivity index (χ0n) is 12.8. The van der Waals surface area contributed by atoms with Crippen LogP contribution in [0.1, 0.15) is 11.1 Å². The molecule has 132 valence electrons. The van der Waals surface area contributed by atoms with Gasteiger partial charge in [0.2, 0.25) is 5.91 Å². The Morgan fingerprint density at radius 3 is 2.52 bits per heavy atom. The van der Waals surface area contributed by atoms with Gasteiger partial charge in [-0.15, -0.1) is 0 Å². The Labute approximate surface area is 146 Å². The second-order valence-electron chi connectivity index (χ2n) is 5.40. The van der Waals surface area contributed by atoms with Gasteiger partial charge in [-0.25, -0.2) is 0 Å². The summed E-state index contributed by atoms with van der Waals surface area (Å²) in [6, 6.07) is 7.82. The van der Waals surface area contributed by atoms with Crippen LogP contribution in [0.2, 0.25) is 5.02 Å². The van der Waals surface area contributed by atoms with E-state index in [0.717, 1.165) is 18.2 Å². The van der Waals surface area contributed by atoms with E-state index in [9.17, 15) is 18.0 Å². The fourth-order valence-electron chi connectivity index (χ4n) is 2.37. The molecule has 1 aliphatic heterocycles. The van der Waals surface area contributed by atoms with Gasteiger partial charge < -0.3 is 14.8 Å². The quantitative estimate of drug-likeness (QED) is 0.874. The largest absolute Gasteiger partial charge is 0.486 e. The highest BCUT2D eigenvalue weighted by molar-refractivity contribution is 6.33. The third-order valence-electron chi connectivity index (χ3n) is 3.54. The van der Waals surface area contributed by atoms with Crippen molar-refractivity contribution < 1.29 is 27.4 Å². The summed E-state index contributed by atoms with van der Waals surface area (Å²) in [5, 5.41) is 2.44. The SMILES string of the molecule is O=C(Cc1ccc2c(c1)OCCO2)Nc1cc(C(F)(F)F)ccc1Cl. The first-order valence-electron chi connectivity index (χ1n) is 7.38. The third-order valence-corrected chi connectivity index (χ3v) is 3.87. The number of carbonyl (C=O) groups is 1. The summed E-state index contributed by atoms with van der Waals surface area (Å²) < 4.78 is 49.1. The standard InChI is InChI=1S/C17H13ClF3NO3/c18-12-3-2-11(17(19,20)21)9-13(12)22-16(23)8-10-1-4-14-15(7-10)25-6-5-24-14/h1-4,7,9H,5-6,8H2,(H,22,23). The van der Waals surface area contributed by atoms with Crippen LogP contribution in [0.5, 0.6) is 11.5 Å². The maximum atomic E-state index is 12.8. The minimum Gasteiger partial charge on any atom is -0.486 e.